The molecule has 0 unspecified atom stereocenters. The Kier molecular flexibility index (Phi) is 5.87. The van der Waals surface area contributed by atoms with Gasteiger partial charge < -0.3 is 4.74 Å². The molecule has 0 fully saturated rings. The van der Waals surface area contributed by atoms with Crippen molar-refractivity contribution in [1.29, 1.82) is 0 Å². The van der Waals surface area contributed by atoms with E-state index < -0.39 is 11.8 Å². The molecule has 0 aliphatic heterocycles. The molecule has 9 heteroatoms. The minimum atomic E-state index is -0.592. The molecule has 0 saturated carbocycles. The summed E-state index contributed by atoms with van der Waals surface area (Å²) in [6.07, 6.45) is 0. The summed E-state index contributed by atoms with van der Waals surface area (Å²) in [5.41, 5.74) is 6.19. The molecule has 0 bridgehead atoms. The van der Waals surface area contributed by atoms with Gasteiger partial charge in [0.25, 0.3) is 11.8 Å². The maximum absolute atomic E-state index is 12.6. The highest BCUT2D eigenvalue weighted by atomic mass is 35.5. The lowest BCUT2D eigenvalue weighted by molar-refractivity contribution is 0.0844. The Bertz CT molecular complexity index is 1040. The first kappa shape index (κ1) is 19.7. The Morgan fingerprint density at radius 3 is 2.39 bits per heavy atom. The quantitative estimate of drug-likeness (QED) is 0.634. The molecule has 0 aliphatic rings. The van der Waals surface area contributed by atoms with Crippen molar-refractivity contribution < 1.29 is 14.3 Å². The molecule has 2 amide bonds. The number of aryl methyl sites for hydroxylation is 1. The smallest absolute Gasteiger partial charge is 0.274 e. The van der Waals surface area contributed by atoms with Crippen LogP contribution in [0.3, 0.4) is 0 Å². The van der Waals surface area contributed by atoms with Crippen molar-refractivity contribution in [3.05, 3.63) is 75.5 Å². The number of ether oxygens (including phenoxy) is 1. The Morgan fingerprint density at radius 1 is 1.04 bits per heavy atom. The molecule has 1 heterocycles. The van der Waals surface area contributed by atoms with Crippen LogP contribution in [0.25, 0.3) is 5.69 Å². The molecule has 144 valence electrons. The maximum Gasteiger partial charge on any atom is 0.274 e. The number of benzene rings is 2. The fourth-order valence-electron chi connectivity index (χ4n) is 2.59. The molecular weight excluding hydrogens is 403 g/mol. The number of rotatable bonds is 4. The lowest BCUT2D eigenvalue weighted by Crippen LogP contribution is -2.42. The molecule has 2 aromatic carbocycles. The molecule has 0 saturated heterocycles. The zero-order valence-electron chi connectivity index (χ0n) is 15.0. The number of hydrogen-bond donors (Lipinski definition) is 2. The Morgan fingerprint density at radius 2 is 1.71 bits per heavy atom. The fourth-order valence-corrected chi connectivity index (χ4v) is 3.11. The van der Waals surface area contributed by atoms with Crippen LogP contribution in [-0.4, -0.2) is 28.7 Å². The van der Waals surface area contributed by atoms with Gasteiger partial charge in [0.15, 0.2) is 0 Å². The molecule has 0 spiro atoms. The van der Waals surface area contributed by atoms with Crippen LogP contribution >= 0.6 is 23.2 Å². The van der Waals surface area contributed by atoms with Gasteiger partial charge >= 0.3 is 0 Å². The van der Waals surface area contributed by atoms with Gasteiger partial charge in [-0.2, -0.15) is 5.10 Å². The van der Waals surface area contributed by atoms with E-state index in [1.165, 1.54) is 23.9 Å². The second-order valence-corrected chi connectivity index (χ2v) is 6.55. The summed E-state index contributed by atoms with van der Waals surface area (Å²) in [4.78, 5) is 24.9. The van der Waals surface area contributed by atoms with E-state index in [1.54, 1.807) is 13.0 Å². The molecule has 3 aromatic rings. The highest BCUT2D eigenvalue weighted by molar-refractivity contribution is 6.33. The van der Waals surface area contributed by atoms with Crippen molar-refractivity contribution in [2.75, 3.05) is 7.11 Å². The van der Waals surface area contributed by atoms with E-state index in [4.69, 9.17) is 27.9 Å². The minimum Gasteiger partial charge on any atom is -0.496 e. The standard InChI is InChI=1S/C19H16Cl2N4O3/c1-11-16(17(21)25(24-11)13-6-4-3-5-7-13)19(27)23-22-18(26)14-9-8-12(20)10-15(14)28-2/h3-10H,1-2H3,(H,22,26)(H,23,27). The number of aromatic nitrogens is 2. The number of nitrogens with one attached hydrogen (secondary N) is 2. The molecule has 0 atom stereocenters. The first-order chi connectivity index (χ1) is 13.4. The first-order valence-corrected chi connectivity index (χ1v) is 8.92. The monoisotopic (exact) mass is 418 g/mol. The van der Waals surface area contributed by atoms with Crippen LogP contribution < -0.4 is 15.6 Å². The number of halogens is 2. The first-order valence-electron chi connectivity index (χ1n) is 8.17. The summed E-state index contributed by atoms with van der Waals surface area (Å²) in [6, 6.07) is 13.7. The summed E-state index contributed by atoms with van der Waals surface area (Å²) >= 11 is 12.2. The zero-order valence-corrected chi connectivity index (χ0v) is 16.5. The van der Waals surface area contributed by atoms with Crippen molar-refractivity contribution in [3.8, 4) is 11.4 Å². The van der Waals surface area contributed by atoms with E-state index in [2.05, 4.69) is 16.0 Å². The van der Waals surface area contributed by atoms with Gasteiger partial charge in [0.2, 0.25) is 0 Å². The van der Waals surface area contributed by atoms with Gasteiger partial charge in [-0.3, -0.25) is 20.4 Å². The lowest BCUT2D eigenvalue weighted by atomic mass is 10.2. The van der Waals surface area contributed by atoms with E-state index in [0.717, 1.165) is 0 Å². The molecular formula is C19H16Cl2N4O3. The second kappa shape index (κ2) is 8.33. The third-order valence-electron chi connectivity index (χ3n) is 3.93. The molecule has 0 aliphatic carbocycles. The number of hydrogen-bond acceptors (Lipinski definition) is 4. The number of carbonyl (C=O) groups is 2. The molecule has 1 aromatic heterocycles. The van der Waals surface area contributed by atoms with Gasteiger partial charge in [0.1, 0.15) is 16.5 Å². The number of hydrazine groups is 1. The average molecular weight is 419 g/mol. The van der Waals surface area contributed by atoms with Crippen molar-refractivity contribution in [1.82, 2.24) is 20.6 Å². The van der Waals surface area contributed by atoms with Crippen LogP contribution in [-0.2, 0) is 0 Å². The lowest BCUT2D eigenvalue weighted by Gasteiger charge is -2.10. The van der Waals surface area contributed by atoms with Crippen molar-refractivity contribution in [2.45, 2.75) is 6.92 Å². The predicted molar refractivity (Wildman–Crippen MR) is 106 cm³/mol. The van der Waals surface area contributed by atoms with Gasteiger partial charge in [-0.05, 0) is 37.3 Å². The van der Waals surface area contributed by atoms with E-state index in [9.17, 15) is 9.59 Å². The molecule has 0 radical (unpaired) electrons. The van der Waals surface area contributed by atoms with E-state index in [0.29, 0.717) is 16.4 Å². The van der Waals surface area contributed by atoms with Gasteiger partial charge in [-0.25, -0.2) is 4.68 Å². The number of nitrogens with zero attached hydrogens (tertiary/aromatic N) is 2. The van der Waals surface area contributed by atoms with Crippen LogP contribution in [0.1, 0.15) is 26.4 Å². The third-order valence-corrected chi connectivity index (χ3v) is 4.51. The number of carbonyl (C=O) groups excluding carboxylic acids is 2. The highest BCUT2D eigenvalue weighted by Crippen LogP contribution is 2.24. The summed E-state index contributed by atoms with van der Waals surface area (Å²) in [7, 11) is 1.42. The summed E-state index contributed by atoms with van der Waals surface area (Å²) < 4.78 is 6.59. The SMILES string of the molecule is COc1cc(Cl)ccc1C(=O)NNC(=O)c1c(C)nn(-c2ccccc2)c1Cl. The predicted octanol–water partition coefficient (Wildman–Crippen LogP) is 3.57. The van der Waals surface area contributed by atoms with Crippen LogP contribution in [0.2, 0.25) is 10.2 Å². The van der Waals surface area contributed by atoms with E-state index in [1.807, 2.05) is 30.3 Å². The normalized spacial score (nSPS) is 10.4. The van der Waals surface area contributed by atoms with Crippen molar-refractivity contribution in [3.63, 3.8) is 0 Å². The summed E-state index contributed by atoms with van der Waals surface area (Å²) in [5.74, 6) is -0.873. The van der Waals surface area contributed by atoms with E-state index in [-0.39, 0.29) is 22.0 Å². The largest absolute Gasteiger partial charge is 0.496 e. The van der Waals surface area contributed by atoms with Crippen LogP contribution in [0, 0.1) is 6.92 Å². The Labute approximate surface area is 171 Å². The van der Waals surface area contributed by atoms with Gasteiger partial charge in [0, 0.05) is 5.02 Å². The fraction of sp³-hybridized carbons (Fsp3) is 0.105. The van der Waals surface area contributed by atoms with Gasteiger partial charge in [0.05, 0.1) is 24.1 Å². The number of methoxy groups -OCH3 is 1. The molecule has 3 rings (SSSR count). The zero-order chi connectivity index (χ0) is 20.3. The summed E-state index contributed by atoms with van der Waals surface area (Å²) in [5, 5.41) is 4.86. The van der Waals surface area contributed by atoms with Crippen LogP contribution in [0.4, 0.5) is 0 Å². The van der Waals surface area contributed by atoms with Crippen molar-refractivity contribution in [2.24, 2.45) is 0 Å². The number of amides is 2. The average Bonchev–Trinajstić information content (AvgIpc) is 3.00. The Balaban J connectivity index is 1.77. The Hall–Kier alpha value is -3.03. The summed E-state index contributed by atoms with van der Waals surface area (Å²) in [6.45, 7) is 1.66. The molecule has 7 nitrogen and oxygen atoms in total. The molecule has 2 N–H and O–H groups in total. The van der Waals surface area contributed by atoms with Gasteiger partial charge in [-0.15, -0.1) is 0 Å². The van der Waals surface area contributed by atoms with Crippen LogP contribution in [0.15, 0.2) is 48.5 Å². The highest BCUT2D eigenvalue weighted by Gasteiger charge is 2.22. The molecule has 28 heavy (non-hydrogen) atoms. The second-order valence-electron chi connectivity index (χ2n) is 5.75. The number of para-hydroxylation sites is 1. The maximum atomic E-state index is 12.6. The third kappa shape index (κ3) is 3.95. The van der Waals surface area contributed by atoms with Crippen molar-refractivity contribution >= 4 is 35.0 Å². The van der Waals surface area contributed by atoms with E-state index >= 15 is 0 Å². The van der Waals surface area contributed by atoms with Gasteiger partial charge in [-0.1, -0.05) is 41.4 Å². The topological polar surface area (TPSA) is 85.2 Å². The van der Waals surface area contributed by atoms with Crippen LogP contribution in [0.5, 0.6) is 5.75 Å². The minimum absolute atomic E-state index is 0.138.